The minimum Gasteiger partial charge on any atom is -0.369 e. The maximum absolute atomic E-state index is 4.76. The van der Waals surface area contributed by atoms with E-state index in [4.69, 9.17) is 4.98 Å². The van der Waals surface area contributed by atoms with Crippen molar-refractivity contribution in [2.75, 3.05) is 11.9 Å². The highest BCUT2D eigenvalue weighted by Gasteiger charge is 2.24. The van der Waals surface area contributed by atoms with Gasteiger partial charge in [0.15, 0.2) is 5.82 Å². The van der Waals surface area contributed by atoms with Crippen LogP contribution in [-0.4, -0.2) is 31.9 Å². The molecular formula is C13H17IN6. The van der Waals surface area contributed by atoms with Gasteiger partial charge in [0.25, 0.3) is 0 Å². The third-order valence-corrected chi connectivity index (χ3v) is 4.67. The molecule has 0 aromatic carbocycles. The number of hydrogen-bond acceptors (Lipinski definition) is 5. The van der Waals surface area contributed by atoms with Crippen molar-refractivity contribution < 1.29 is 0 Å². The number of halogens is 1. The smallest absolute Gasteiger partial charge is 0.184 e. The van der Waals surface area contributed by atoms with Gasteiger partial charge in [-0.1, -0.05) is 12.8 Å². The Bertz CT molecular complexity index is 577. The maximum Gasteiger partial charge on any atom is 0.184 e. The van der Waals surface area contributed by atoms with E-state index in [0.717, 1.165) is 21.6 Å². The standard InChI is InChI=1S/C13H17IN6/c1-2-15-13-10(14)11(8-5-3-4-6-8)17-12(18-13)9-7-16-20-19-9/h7-8H,2-6H2,1H3,(H,15,17,18)(H,16,19,20). The van der Waals surface area contributed by atoms with Crippen LogP contribution in [0.3, 0.4) is 0 Å². The Hall–Kier alpha value is -1.25. The molecule has 2 aromatic rings. The van der Waals surface area contributed by atoms with E-state index in [0.29, 0.717) is 17.4 Å². The molecule has 0 saturated heterocycles. The van der Waals surface area contributed by atoms with Gasteiger partial charge in [-0.25, -0.2) is 9.97 Å². The molecule has 0 spiro atoms. The lowest BCUT2D eigenvalue weighted by atomic mass is 10.0. The number of H-pyrrole nitrogens is 1. The third-order valence-electron chi connectivity index (χ3n) is 3.61. The Morgan fingerprint density at radius 1 is 1.35 bits per heavy atom. The van der Waals surface area contributed by atoms with Crippen LogP contribution >= 0.6 is 22.6 Å². The lowest BCUT2D eigenvalue weighted by Crippen LogP contribution is -2.10. The normalized spacial score (nSPS) is 15.7. The van der Waals surface area contributed by atoms with Crippen molar-refractivity contribution in [1.29, 1.82) is 0 Å². The van der Waals surface area contributed by atoms with E-state index in [9.17, 15) is 0 Å². The zero-order valence-electron chi connectivity index (χ0n) is 11.4. The summed E-state index contributed by atoms with van der Waals surface area (Å²) in [5.41, 5.74) is 1.85. The molecule has 6 nitrogen and oxygen atoms in total. The maximum atomic E-state index is 4.76. The van der Waals surface area contributed by atoms with Crippen molar-refractivity contribution in [3.8, 4) is 11.5 Å². The molecule has 20 heavy (non-hydrogen) atoms. The predicted molar refractivity (Wildman–Crippen MR) is 85.5 cm³/mol. The zero-order valence-corrected chi connectivity index (χ0v) is 13.5. The van der Waals surface area contributed by atoms with Crippen LogP contribution in [0.4, 0.5) is 5.82 Å². The van der Waals surface area contributed by atoms with Gasteiger partial charge in [0.05, 0.1) is 15.5 Å². The Morgan fingerprint density at radius 3 is 2.80 bits per heavy atom. The third kappa shape index (κ3) is 2.63. The van der Waals surface area contributed by atoms with Crippen molar-refractivity contribution in [2.24, 2.45) is 0 Å². The highest BCUT2D eigenvalue weighted by atomic mass is 127. The number of aromatic nitrogens is 5. The second kappa shape index (κ2) is 6.02. The molecule has 3 rings (SSSR count). The summed E-state index contributed by atoms with van der Waals surface area (Å²) in [5.74, 6) is 2.10. The van der Waals surface area contributed by atoms with Crippen molar-refractivity contribution in [2.45, 2.75) is 38.5 Å². The van der Waals surface area contributed by atoms with Gasteiger partial charge < -0.3 is 5.32 Å². The van der Waals surface area contributed by atoms with Crippen LogP contribution in [0.25, 0.3) is 11.5 Å². The van der Waals surface area contributed by atoms with Crippen LogP contribution in [-0.2, 0) is 0 Å². The minimum atomic E-state index is 0.549. The summed E-state index contributed by atoms with van der Waals surface area (Å²) in [7, 11) is 0. The van der Waals surface area contributed by atoms with Crippen molar-refractivity contribution in [3.63, 3.8) is 0 Å². The van der Waals surface area contributed by atoms with Crippen molar-refractivity contribution >= 4 is 28.4 Å². The van der Waals surface area contributed by atoms with Crippen LogP contribution in [0, 0.1) is 3.57 Å². The van der Waals surface area contributed by atoms with Crippen LogP contribution in [0.1, 0.15) is 44.2 Å². The van der Waals surface area contributed by atoms with Gasteiger partial charge in [0, 0.05) is 12.5 Å². The highest BCUT2D eigenvalue weighted by molar-refractivity contribution is 14.1. The SMILES string of the molecule is CCNc1nc(-c2cn[nH]n2)nc(C2CCCC2)c1I. The zero-order chi connectivity index (χ0) is 13.9. The summed E-state index contributed by atoms with van der Waals surface area (Å²) in [6.45, 7) is 2.92. The number of anilines is 1. The predicted octanol–water partition coefficient (Wildman–Crippen LogP) is 2.96. The molecule has 2 aromatic heterocycles. The molecule has 0 bridgehead atoms. The number of nitrogens with zero attached hydrogens (tertiary/aromatic N) is 4. The van der Waals surface area contributed by atoms with Gasteiger partial charge in [-0.3, -0.25) is 0 Å². The summed E-state index contributed by atoms with van der Waals surface area (Å²) in [5, 5.41) is 13.9. The van der Waals surface area contributed by atoms with E-state index in [1.807, 2.05) is 0 Å². The molecule has 1 saturated carbocycles. The molecule has 106 valence electrons. The van der Waals surface area contributed by atoms with E-state index in [1.165, 1.54) is 25.7 Å². The summed E-state index contributed by atoms with van der Waals surface area (Å²) in [6.07, 6.45) is 6.69. The molecule has 2 N–H and O–H groups in total. The van der Waals surface area contributed by atoms with E-state index < -0.39 is 0 Å². The fraction of sp³-hybridized carbons (Fsp3) is 0.538. The topological polar surface area (TPSA) is 79.4 Å². The fourth-order valence-corrected chi connectivity index (χ4v) is 3.51. The first-order valence-electron chi connectivity index (χ1n) is 6.97. The average Bonchev–Trinajstić information content (AvgIpc) is 3.14. The van der Waals surface area contributed by atoms with Gasteiger partial charge in [-0.15, -0.1) is 0 Å². The van der Waals surface area contributed by atoms with Crippen LogP contribution in [0.15, 0.2) is 6.20 Å². The molecule has 0 amide bonds. The molecule has 0 aliphatic heterocycles. The number of nitrogens with one attached hydrogen (secondary N) is 2. The van der Waals surface area contributed by atoms with E-state index in [-0.39, 0.29) is 0 Å². The Labute approximate surface area is 131 Å². The monoisotopic (exact) mass is 384 g/mol. The molecule has 1 aliphatic carbocycles. The first kappa shape index (κ1) is 13.7. The van der Waals surface area contributed by atoms with E-state index in [1.54, 1.807) is 6.20 Å². The Balaban J connectivity index is 2.07. The van der Waals surface area contributed by atoms with Crippen molar-refractivity contribution in [3.05, 3.63) is 15.5 Å². The molecule has 0 atom stereocenters. The minimum absolute atomic E-state index is 0.549. The largest absolute Gasteiger partial charge is 0.369 e. The lowest BCUT2D eigenvalue weighted by molar-refractivity contribution is 0.690. The molecule has 1 fully saturated rings. The van der Waals surface area contributed by atoms with Gasteiger partial charge in [-0.2, -0.15) is 15.4 Å². The molecule has 0 unspecified atom stereocenters. The van der Waals surface area contributed by atoms with Crippen LogP contribution in [0.5, 0.6) is 0 Å². The quantitative estimate of drug-likeness (QED) is 0.793. The second-order valence-corrected chi connectivity index (χ2v) is 6.04. The van der Waals surface area contributed by atoms with Gasteiger partial charge >= 0.3 is 0 Å². The van der Waals surface area contributed by atoms with Gasteiger partial charge in [0.1, 0.15) is 11.5 Å². The highest BCUT2D eigenvalue weighted by Crippen LogP contribution is 2.37. The van der Waals surface area contributed by atoms with Gasteiger partial charge in [-0.05, 0) is 42.4 Å². The average molecular weight is 384 g/mol. The second-order valence-electron chi connectivity index (χ2n) is 4.96. The lowest BCUT2D eigenvalue weighted by Gasteiger charge is -2.15. The molecule has 7 heteroatoms. The number of aromatic amines is 1. The fourth-order valence-electron chi connectivity index (χ4n) is 2.64. The summed E-state index contributed by atoms with van der Waals surface area (Å²) in [6, 6.07) is 0. The molecular weight excluding hydrogens is 367 g/mol. The van der Waals surface area contributed by atoms with E-state index >= 15 is 0 Å². The molecule has 0 radical (unpaired) electrons. The Morgan fingerprint density at radius 2 is 2.15 bits per heavy atom. The van der Waals surface area contributed by atoms with Crippen LogP contribution in [0.2, 0.25) is 0 Å². The van der Waals surface area contributed by atoms with Crippen LogP contribution < -0.4 is 5.32 Å². The van der Waals surface area contributed by atoms with Gasteiger partial charge in [0.2, 0.25) is 0 Å². The molecule has 2 heterocycles. The van der Waals surface area contributed by atoms with E-state index in [2.05, 4.69) is 55.2 Å². The number of hydrogen-bond donors (Lipinski definition) is 2. The summed E-state index contributed by atoms with van der Waals surface area (Å²) < 4.78 is 1.14. The first-order valence-corrected chi connectivity index (χ1v) is 8.05. The summed E-state index contributed by atoms with van der Waals surface area (Å²) in [4.78, 5) is 9.34. The van der Waals surface area contributed by atoms with Crippen molar-refractivity contribution in [1.82, 2.24) is 25.4 Å². The summed E-state index contributed by atoms with van der Waals surface area (Å²) >= 11 is 2.36. The Kier molecular flexibility index (Phi) is 4.13. The first-order chi connectivity index (χ1) is 9.79. The molecule has 1 aliphatic rings. The number of rotatable bonds is 4.